The van der Waals surface area contributed by atoms with Crippen LogP contribution in [-0.2, 0) is 4.79 Å². The first kappa shape index (κ1) is 12.2. The fourth-order valence-corrected chi connectivity index (χ4v) is 1.24. The van der Waals surface area contributed by atoms with Gasteiger partial charge < -0.3 is 14.6 Å². The smallest absolute Gasteiger partial charge is 0.148 e. The first-order valence-corrected chi connectivity index (χ1v) is 4.76. The lowest BCUT2D eigenvalue weighted by molar-refractivity contribution is -0.297. The molecule has 0 unspecified atom stereocenters. The van der Waals surface area contributed by atoms with Gasteiger partial charge in [-0.2, -0.15) is 0 Å². The number of terminal acetylenes is 1. The highest BCUT2D eigenvalue weighted by atomic mass is 35.5. The van der Waals surface area contributed by atoms with Crippen LogP contribution in [0, 0.1) is 12.3 Å². The summed E-state index contributed by atoms with van der Waals surface area (Å²) in [5, 5.41) is 10.8. The van der Waals surface area contributed by atoms with Crippen molar-refractivity contribution in [1.29, 1.82) is 0 Å². The van der Waals surface area contributed by atoms with Crippen LogP contribution >= 0.6 is 11.6 Å². The first-order chi connectivity index (χ1) is 7.63. The SMILES string of the molecule is C#CCOc1ccc(Cl)cc1/C=C/C(=O)[O-]. The Labute approximate surface area is 98.3 Å². The van der Waals surface area contributed by atoms with E-state index in [1.807, 2.05) is 0 Å². The molecule has 0 saturated heterocycles. The molecule has 0 spiro atoms. The number of hydrogen-bond donors (Lipinski definition) is 0. The van der Waals surface area contributed by atoms with Crippen molar-refractivity contribution in [2.24, 2.45) is 0 Å². The number of carbonyl (C=O) groups is 1. The van der Waals surface area contributed by atoms with E-state index in [-0.39, 0.29) is 6.61 Å². The molecule has 1 aromatic rings. The summed E-state index contributed by atoms with van der Waals surface area (Å²) in [5.74, 6) is 1.50. The fourth-order valence-electron chi connectivity index (χ4n) is 1.06. The third kappa shape index (κ3) is 3.68. The summed E-state index contributed by atoms with van der Waals surface area (Å²) in [6.07, 6.45) is 7.29. The molecular weight excluding hydrogens is 228 g/mol. The fraction of sp³-hybridized carbons (Fsp3) is 0.0833. The second kappa shape index (κ2) is 5.84. The van der Waals surface area contributed by atoms with Gasteiger partial charge in [-0.1, -0.05) is 17.5 Å². The van der Waals surface area contributed by atoms with Crippen LogP contribution in [0.1, 0.15) is 5.56 Å². The molecule has 0 aliphatic rings. The maximum Gasteiger partial charge on any atom is 0.148 e. The average molecular weight is 236 g/mol. The Bertz CT molecular complexity index is 458. The molecule has 0 aliphatic carbocycles. The summed E-state index contributed by atoms with van der Waals surface area (Å²) in [4.78, 5) is 10.3. The van der Waals surface area contributed by atoms with E-state index in [1.165, 1.54) is 6.08 Å². The predicted octanol–water partition coefficient (Wildman–Crippen LogP) is 1.12. The van der Waals surface area contributed by atoms with E-state index in [0.29, 0.717) is 16.3 Å². The summed E-state index contributed by atoms with van der Waals surface area (Å²) in [6, 6.07) is 4.82. The number of benzene rings is 1. The van der Waals surface area contributed by atoms with Gasteiger partial charge in [0.15, 0.2) is 0 Å². The van der Waals surface area contributed by atoms with Gasteiger partial charge in [0, 0.05) is 10.6 Å². The Hall–Kier alpha value is -1.92. The van der Waals surface area contributed by atoms with Crippen molar-refractivity contribution in [3.8, 4) is 18.1 Å². The minimum absolute atomic E-state index is 0.105. The van der Waals surface area contributed by atoms with Crippen molar-refractivity contribution >= 4 is 23.6 Å². The molecule has 0 radical (unpaired) electrons. The van der Waals surface area contributed by atoms with Crippen LogP contribution in [0.5, 0.6) is 5.75 Å². The van der Waals surface area contributed by atoms with Crippen LogP contribution in [0.15, 0.2) is 24.3 Å². The molecule has 16 heavy (non-hydrogen) atoms. The predicted molar refractivity (Wildman–Crippen MR) is 59.8 cm³/mol. The van der Waals surface area contributed by atoms with Crippen LogP contribution in [0.2, 0.25) is 5.02 Å². The van der Waals surface area contributed by atoms with E-state index in [2.05, 4.69) is 5.92 Å². The van der Waals surface area contributed by atoms with E-state index in [4.69, 9.17) is 22.8 Å². The molecule has 0 bridgehead atoms. The zero-order valence-corrected chi connectivity index (χ0v) is 9.03. The molecule has 0 N–H and O–H groups in total. The van der Waals surface area contributed by atoms with Gasteiger partial charge >= 0.3 is 0 Å². The summed E-state index contributed by atoms with van der Waals surface area (Å²) in [5.41, 5.74) is 0.534. The molecule has 0 heterocycles. The molecule has 0 amide bonds. The summed E-state index contributed by atoms with van der Waals surface area (Å²) >= 11 is 5.77. The number of carboxylic acid groups (broad SMARTS) is 1. The number of carbonyl (C=O) groups excluding carboxylic acids is 1. The number of carboxylic acids is 1. The van der Waals surface area contributed by atoms with Crippen molar-refractivity contribution in [2.45, 2.75) is 0 Å². The molecule has 3 nitrogen and oxygen atoms in total. The van der Waals surface area contributed by atoms with Crippen LogP contribution in [-0.4, -0.2) is 12.6 Å². The molecule has 0 saturated carbocycles. The molecule has 1 rings (SSSR count). The molecule has 0 aliphatic heterocycles. The number of halogens is 1. The Kier molecular flexibility index (Phi) is 4.43. The minimum Gasteiger partial charge on any atom is -0.545 e. The third-order valence-electron chi connectivity index (χ3n) is 1.68. The maximum absolute atomic E-state index is 10.3. The molecular formula is C12H8ClO3-. The standard InChI is InChI=1S/C12H9ClO3/c1-2-7-16-11-5-4-10(13)8-9(11)3-6-12(14)15/h1,3-6,8H,7H2,(H,14,15)/p-1/b6-3+. The van der Waals surface area contributed by atoms with Crippen LogP contribution < -0.4 is 9.84 Å². The average Bonchev–Trinajstić information content (AvgIpc) is 2.25. The number of ether oxygens (including phenoxy) is 1. The molecule has 0 aromatic heterocycles. The van der Waals surface area contributed by atoms with Crippen molar-refractivity contribution < 1.29 is 14.6 Å². The molecule has 1 aromatic carbocycles. The van der Waals surface area contributed by atoms with Gasteiger partial charge in [0.1, 0.15) is 12.4 Å². The second-order valence-corrected chi connectivity index (χ2v) is 3.26. The van der Waals surface area contributed by atoms with E-state index in [9.17, 15) is 9.90 Å². The van der Waals surface area contributed by atoms with Crippen LogP contribution in [0.25, 0.3) is 6.08 Å². The second-order valence-electron chi connectivity index (χ2n) is 2.83. The van der Waals surface area contributed by atoms with E-state index < -0.39 is 5.97 Å². The molecule has 0 atom stereocenters. The van der Waals surface area contributed by atoms with Crippen LogP contribution in [0.3, 0.4) is 0 Å². The maximum atomic E-state index is 10.3. The van der Waals surface area contributed by atoms with Crippen molar-refractivity contribution in [1.82, 2.24) is 0 Å². The monoisotopic (exact) mass is 235 g/mol. The Morgan fingerprint density at radius 2 is 2.38 bits per heavy atom. The lowest BCUT2D eigenvalue weighted by Crippen LogP contribution is -2.18. The highest BCUT2D eigenvalue weighted by Gasteiger charge is 2.01. The lowest BCUT2D eigenvalue weighted by Gasteiger charge is -2.06. The third-order valence-corrected chi connectivity index (χ3v) is 1.92. The van der Waals surface area contributed by atoms with E-state index >= 15 is 0 Å². The van der Waals surface area contributed by atoms with Gasteiger partial charge in [-0.3, -0.25) is 0 Å². The summed E-state index contributed by atoms with van der Waals surface area (Å²) in [7, 11) is 0. The normalized spacial score (nSPS) is 10.0. The number of aliphatic carboxylic acids is 1. The summed E-state index contributed by atoms with van der Waals surface area (Å²) < 4.78 is 5.21. The van der Waals surface area contributed by atoms with Crippen LogP contribution in [0.4, 0.5) is 0 Å². The zero-order valence-electron chi connectivity index (χ0n) is 8.27. The zero-order chi connectivity index (χ0) is 12.0. The van der Waals surface area contributed by atoms with E-state index in [0.717, 1.165) is 6.08 Å². The molecule has 82 valence electrons. The van der Waals surface area contributed by atoms with Gasteiger partial charge in [-0.05, 0) is 30.4 Å². The molecule has 4 heteroatoms. The summed E-state index contributed by atoms with van der Waals surface area (Å²) in [6.45, 7) is 0.105. The highest BCUT2D eigenvalue weighted by molar-refractivity contribution is 6.30. The number of rotatable bonds is 4. The minimum atomic E-state index is -1.29. The largest absolute Gasteiger partial charge is 0.545 e. The van der Waals surface area contributed by atoms with Gasteiger partial charge in [0.2, 0.25) is 0 Å². The lowest BCUT2D eigenvalue weighted by atomic mass is 10.2. The first-order valence-electron chi connectivity index (χ1n) is 4.38. The van der Waals surface area contributed by atoms with Gasteiger partial charge in [0.25, 0.3) is 0 Å². The highest BCUT2D eigenvalue weighted by Crippen LogP contribution is 2.24. The Morgan fingerprint density at radius 3 is 3.00 bits per heavy atom. The quantitative estimate of drug-likeness (QED) is 0.580. The van der Waals surface area contributed by atoms with Crippen molar-refractivity contribution in [2.75, 3.05) is 6.61 Å². The van der Waals surface area contributed by atoms with Crippen molar-refractivity contribution in [3.63, 3.8) is 0 Å². The van der Waals surface area contributed by atoms with Gasteiger partial charge in [-0.25, -0.2) is 0 Å². The Balaban J connectivity index is 2.99. The van der Waals surface area contributed by atoms with Crippen molar-refractivity contribution in [3.05, 3.63) is 34.9 Å². The van der Waals surface area contributed by atoms with Gasteiger partial charge in [0.05, 0.1) is 5.97 Å². The topological polar surface area (TPSA) is 49.4 Å². The Morgan fingerprint density at radius 1 is 1.62 bits per heavy atom. The van der Waals surface area contributed by atoms with Gasteiger partial charge in [-0.15, -0.1) is 6.42 Å². The number of hydrogen-bond acceptors (Lipinski definition) is 3. The molecule has 0 fully saturated rings. The van der Waals surface area contributed by atoms with E-state index in [1.54, 1.807) is 18.2 Å².